The van der Waals surface area contributed by atoms with E-state index < -0.39 is 5.97 Å². The second kappa shape index (κ2) is 6.96. The Balaban J connectivity index is 2.44. The lowest BCUT2D eigenvalue weighted by molar-refractivity contribution is -0.118. The summed E-state index contributed by atoms with van der Waals surface area (Å²) in [5.74, 6) is -0.472. The van der Waals surface area contributed by atoms with Crippen molar-refractivity contribution in [2.24, 2.45) is 0 Å². The molecule has 0 radical (unpaired) electrons. The highest BCUT2D eigenvalue weighted by atomic mass is 32.2. The molecule has 0 bridgehead atoms. The monoisotopic (exact) mass is 253 g/mol. The van der Waals surface area contributed by atoms with Crippen LogP contribution in [0.15, 0.2) is 24.3 Å². The van der Waals surface area contributed by atoms with Gasteiger partial charge in [0.25, 0.3) is 0 Å². The first-order valence-electron chi connectivity index (χ1n) is 5.21. The number of aromatic carboxylic acids is 1. The van der Waals surface area contributed by atoms with Crippen LogP contribution in [0.25, 0.3) is 0 Å². The summed E-state index contributed by atoms with van der Waals surface area (Å²) in [5, 5.41) is 11.6. The van der Waals surface area contributed by atoms with E-state index in [1.54, 1.807) is 18.2 Å². The van der Waals surface area contributed by atoms with Gasteiger partial charge in [0.05, 0.1) is 11.3 Å². The van der Waals surface area contributed by atoms with E-state index in [2.05, 4.69) is 5.32 Å². The van der Waals surface area contributed by atoms with Crippen molar-refractivity contribution in [3.05, 3.63) is 35.4 Å². The molecule has 2 N–H and O–H groups in total. The zero-order chi connectivity index (χ0) is 12.7. The van der Waals surface area contributed by atoms with Gasteiger partial charge in [-0.15, -0.1) is 0 Å². The molecule has 0 unspecified atom stereocenters. The van der Waals surface area contributed by atoms with Crippen molar-refractivity contribution in [2.45, 2.75) is 6.42 Å². The van der Waals surface area contributed by atoms with Crippen LogP contribution in [0, 0.1) is 0 Å². The highest BCUT2D eigenvalue weighted by Crippen LogP contribution is 2.05. The lowest BCUT2D eigenvalue weighted by Crippen LogP contribution is -2.27. The van der Waals surface area contributed by atoms with Crippen molar-refractivity contribution >= 4 is 23.6 Å². The molecule has 0 saturated carbocycles. The number of carbonyl (C=O) groups is 2. The molecular formula is C12H15NO3S. The van der Waals surface area contributed by atoms with E-state index in [0.717, 1.165) is 5.56 Å². The molecule has 17 heavy (non-hydrogen) atoms. The van der Waals surface area contributed by atoms with Crippen LogP contribution in [-0.2, 0) is 11.2 Å². The fourth-order valence-corrected chi connectivity index (χ4v) is 1.75. The van der Waals surface area contributed by atoms with E-state index >= 15 is 0 Å². The van der Waals surface area contributed by atoms with Gasteiger partial charge in [-0.3, -0.25) is 4.79 Å². The van der Waals surface area contributed by atoms with Gasteiger partial charge in [-0.1, -0.05) is 12.1 Å². The zero-order valence-corrected chi connectivity index (χ0v) is 10.4. The SMILES string of the molecule is CSCC(=O)NCCc1cccc(C(=O)O)c1. The van der Waals surface area contributed by atoms with Gasteiger partial charge >= 0.3 is 5.97 Å². The third-order valence-corrected chi connectivity index (χ3v) is 2.74. The number of nitrogens with one attached hydrogen (secondary N) is 1. The zero-order valence-electron chi connectivity index (χ0n) is 9.60. The summed E-state index contributed by atoms with van der Waals surface area (Å²) in [6, 6.07) is 6.75. The maximum absolute atomic E-state index is 11.2. The molecule has 92 valence electrons. The predicted molar refractivity (Wildman–Crippen MR) is 68.5 cm³/mol. The first kappa shape index (κ1) is 13.6. The Morgan fingerprint density at radius 1 is 1.41 bits per heavy atom. The molecular weight excluding hydrogens is 238 g/mol. The third-order valence-electron chi connectivity index (χ3n) is 2.19. The fraction of sp³-hybridized carbons (Fsp3) is 0.333. The van der Waals surface area contributed by atoms with Crippen molar-refractivity contribution in [1.82, 2.24) is 5.32 Å². The van der Waals surface area contributed by atoms with Crippen molar-refractivity contribution in [2.75, 3.05) is 18.6 Å². The molecule has 1 amide bonds. The van der Waals surface area contributed by atoms with Gasteiger partial charge in [0.15, 0.2) is 0 Å². The lowest BCUT2D eigenvalue weighted by atomic mass is 10.1. The first-order valence-corrected chi connectivity index (χ1v) is 6.60. The van der Waals surface area contributed by atoms with Crippen LogP contribution in [0.4, 0.5) is 0 Å². The van der Waals surface area contributed by atoms with Gasteiger partial charge in [0.1, 0.15) is 0 Å². The summed E-state index contributed by atoms with van der Waals surface area (Å²) in [4.78, 5) is 21.9. The predicted octanol–water partition coefficient (Wildman–Crippen LogP) is 1.41. The number of hydrogen-bond donors (Lipinski definition) is 2. The number of amides is 1. The standard InChI is InChI=1S/C12H15NO3S/c1-17-8-11(14)13-6-5-9-3-2-4-10(7-9)12(15)16/h2-4,7H,5-6,8H2,1H3,(H,13,14)(H,15,16). The Bertz CT molecular complexity index is 406. The molecule has 1 aromatic rings. The number of carbonyl (C=O) groups excluding carboxylic acids is 1. The first-order chi connectivity index (χ1) is 8.13. The second-order valence-electron chi connectivity index (χ2n) is 3.54. The van der Waals surface area contributed by atoms with E-state index in [9.17, 15) is 9.59 Å². The van der Waals surface area contributed by atoms with Crippen LogP contribution >= 0.6 is 11.8 Å². The van der Waals surface area contributed by atoms with E-state index in [-0.39, 0.29) is 11.5 Å². The highest BCUT2D eigenvalue weighted by Gasteiger charge is 2.03. The normalized spacial score (nSPS) is 9.94. The minimum Gasteiger partial charge on any atom is -0.478 e. The summed E-state index contributed by atoms with van der Waals surface area (Å²) >= 11 is 1.47. The number of carboxylic acids is 1. The average molecular weight is 253 g/mol. The molecule has 0 aliphatic carbocycles. The fourth-order valence-electron chi connectivity index (χ4n) is 1.39. The number of benzene rings is 1. The highest BCUT2D eigenvalue weighted by molar-refractivity contribution is 7.99. The molecule has 0 aliphatic heterocycles. The van der Waals surface area contributed by atoms with E-state index in [0.29, 0.717) is 18.7 Å². The Morgan fingerprint density at radius 2 is 2.18 bits per heavy atom. The summed E-state index contributed by atoms with van der Waals surface area (Å²) in [6.07, 6.45) is 2.51. The van der Waals surface area contributed by atoms with Crippen LogP contribution in [0.1, 0.15) is 15.9 Å². The molecule has 0 aromatic heterocycles. The Labute approximate surface area is 104 Å². The van der Waals surface area contributed by atoms with Gasteiger partial charge in [-0.2, -0.15) is 11.8 Å². The largest absolute Gasteiger partial charge is 0.478 e. The quantitative estimate of drug-likeness (QED) is 0.804. The molecule has 0 atom stereocenters. The molecule has 0 spiro atoms. The van der Waals surface area contributed by atoms with E-state index in [4.69, 9.17) is 5.11 Å². The van der Waals surface area contributed by atoms with Gasteiger partial charge in [-0.05, 0) is 30.4 Å². The van der Waals surface area contributed by atoms with Crippen molar-refractivity contribution < 1.29 is 14.7 Å². The lowest BCUT2D eigenvalue weighted by Gasteiger charge is -2.05. The number of thioether (sulfide) groups is 1. The molecule has 0 aliphatic rings. The second-order valence-corrected chi connectivity index (χ2v) is 4.40. The summed E-state index contributed by atoms with van der Waals surface area (Å²) in [5.41, 5.74) is 1.19. The van der Waals surface area contributed by atoms with Gasteiger partial charge < -0.3 is 10.4 Å². The Hall–Kier alpha value is -1.49. The molecule has 1 rings (SSSR count). The molecule has 0 saturated heterocycles. The van der Waals surface area contributed by atoms with E-state index in [1.807, 2.05) is 12.3 Å². The molecule has 4 nitrogen and oxygen atoms in total. The van der Waals surface area contributed by atoms with E-state index in [1.165, 1.54) is 11.8 Å². The van der Waals surface area contributed by atoms with Crippen LogP contribution in [0.5, 0.6) is 0 Å². The minimum atomic E-state index is -0.932. The summed E-state index contributed by atoms with van der Waals surface area (Å²) in [6.45, 7) is 0.530. The maximum atomic E-state index is 11.2. The van der Waals surface area contributed by atoms with Crippen LogP contribution in [0.3, 0.4) is 0 Å². The van der Waals surface area contributed by atoms with Crippen LogP contribution < -0.4 is 5.32 Å². The smallest absolute Gasteiger partial charge is 0.335 e. The average Bonchev–Trinajstić information content (AvgIpc) is 2.30. The van der Waals surface area contributed by atoms with Gasteiger partial charge in [0, 0.05) is 6.54 Å². The van der Waals surface area contributed by atoms with Crippen molar-refractivity contribution in [3.8, 4) is 0 Å². The van der Waals surface area contributed by atoms with Crippen molar-refractivity contribution in [3.63, 3.8) is 0 Å². The van der Waals surface area contributed by atoms with Gasteiger partial charge in [0.2, 0.25) is 5.91 Å². The molecule has 0 fully saturated rings. The van der Waals surface area contributed by atoms with Crippen LogP contribution in [0.2, 0.25) is 0 Å². The summed E-state index contributed by atoms with van der Waals surface area (Å²) < 4.78 is 0. The van der Waals surface area contributed by atoms with Crippen LogP contribution in [-0.4, -0.2) is 35.5 Å². The van der Waals surface area contributed by atoms with Crippen molar-refractivity contribution in [1.29, 1.82) is 0 Å². The Kier molecular flexibility index (Phi) is 5.56. The number of hydrogen-bond acceptors (Lipinski definition) is 3. The topological polar surface area (TPSA) is 66.4 Å². The maximum Gasteiger partial charge on any atom is 0.335 e. The number of carboxylic acid groups (broad SMARTS) is 1. The summed E-state index contributed by atoms with van der Waals surface area (Å²) in [7, 11) is 0. The Morgan fingerprint density at radius 3 is 2.82 bits per heavy atom. The molecule has 0 heterocycles. The minimum absolute atomic E-state index is 0.00638. The van der Waals surface area contributed by atoms with Gasteiger partial charge in [-0.25, -0.2) is 4.79 Å². The molecule has 5 heteroatoms. The molecule has 1 aromatic carbocycles. The number of rotatable bonds is 6. The third kappa shape index (κ3) is 4.91.